The lowest BCUT2D eigenvalue weighted by Gasteiger charge is -2.27. The van der Waals surface area contributed by atoms with Crippen LogP contribution in [0, 0.1) is 6.92 Å². The molecule has 0 saturated carbocycles. The van der Waals surface area contributed by atoms with Crippen LogP contribution in [0.5, 0.6) is 0 Å². The molecule has 4 aromatic rings. The molecule has 162 valence electrons. The Morgan fingerprint density at radius 2 is 2.00 bits per heavy atom. The predicted octanol–water partition coefficient (Wildman–Crippen LogP) is 4.63. The van der Waals surface area contributed by atoms with E-state index in [0.717, 1.165) is 26.9 Å². The second kappa shape index (κ2) is 8.02. The Labute approximate surface area is 188 Å². The van der Waals surface area contributed by atoms with Crippen molar-refractivity contribution in [1.29, 1.82) is 0 Å². The number of nitrogens with one attached hydrogen (secondary N) is 1. The topological polar surface area (TPSA) is 82.9 Å². The zero-order chi connectivity index (χ0) is 22.5. The second-order valence-corrected chi connectivity index (χ2v) is 11.6. The average Bonchev–Trinajstić information content (AvgIpc) is 3.18. The molecule has 2 heterocycles. The standard InChI is InChI=1S/C23H26N4O2S2/c1-13-10-16(14(2)26-31(29)23(3,4)5)19-17(11-13)22(28)27(6)21(25-19)15-8-7-9-18-20(15)30-12-24-18/h7-12,14,26H,1-6H3/t14-,31?/m1/s1. The van der Waals surface area contributed by atoms with E-state index in [-0.39, 0.29) is 11.6 Å². The molecule has 0 radical (unpaired) electrons. The van der Waals surface area contributed by atoms with E-state index in [1.54, 1.807) is 17.1 Å². The summed E-state index contributed by atoms with van der Waals surface area (Å²) in [6.45, 7) is 9.71. The van der Waals surface area contributed by atoms with Crippen LogP contribution in [0.1, 0.15) is 44.9 Å². The number of thiazole rings is 1. The maximum atomic E-state index is 13.3. The summed E-state index contributed by atoms with van der Waals surface area (Å²) in [5.74, 6) is 0.599. The summed E-state index contributed by atoms with van der Waals surface area (Å²) in [7, 11) is 1.75. The van der Waals surface area contributed by atoms with Crippen LogP contribution in [-0.4, -0.2) is 23.8 Å². The number of benzene rings is 2. The Morgan fingerprint density at radius 3 is 2.71 bits per heavy atom. The minimum Gasteiger partial charge on any atom is -0.598 e. The van der Waals surface area contributed by atoms with Gasteiger partial charge in [0.15, 0.2) is 0 Å². The molecule has 0 saturated heterocycles. The van der Waals surface area contributed by atoms with Gasteiger partial charge in [-0.2, -0.15) is 0 Å². The van der Waals surface area contributed by atoms with Crippen LogP contribution >= 0.6 is 11.3 Å². The molecule has 2 aromatic carbocycles. The molecule has 0 amide bonds. The van der Waals surface area contributed by atoms with E-state index in [2.05, 4.69) is 9.71 Å². The van der Waals surface area contributed by atoms with Gasteiger partial charge in [0.1, 0.15) is 10.6 Å². The highest BCUT2D eigenvalue weighted by molar-refractivity contribution is 7.90. The van der Waals surface area contributed by atoms with Crippen LogP contribution in [0.25, 0.3) is 32.5 Å². The maximum Gasteiger partial charge on any atom is 0.261 e. The van der Waals surface area contributed by atoms with Gasteiger partial charge in [-0.25, -0.2) is 9.97 Å². The molecule has 6 nitrogen and oxygen atoms in total. The minimum atomic E-state index is -1.25. The van der Waals surface area contributed by atoms with Gasteiger partial charge in [-0.05, 0) is 58.4 Å². The zero-order valence-electron chi connectivity index (χ0n) is 18.5. The molecular weight excluding hydrogens is 428 g/mol. The van der Waals surface area contributed by atoms with Gasteiger partial charge in [0.05, 0.1) is 32.7 Å². The SMILES string of the molecule is Cc1cc([C@@H](C)N[S+]([O-])C(C)(C)C)c2nc(-c3cccc4ncsc34)n(C)c(=O)c2c1. The van der Waals surface area contributed by atoms with Gasteiger partial charge >= 0.3 is 0 Å². The van der Waals surface area contributed by atoms with E-state index in [1.165, 1.54) is 11.3 Å². The number of fused-ring (bicyclic) bond motifs is 2. The number of rotatable bonds is 4. The van der Waals surface area contributed by atoms with Gasteiger partial charge in [-0.1, -0.05) is 12.1 Å². The molecule has 4 rings (SSSR count). The van der Waals surface area contributed by atoms with Gasteiger partial charge in [0.25, 0.3) is 5.56 Å². The Balaban J connectivity index is 1.95. The van der Waals surface area contributed by atoms with Crippen molar-refractivity contribution in [2.75, 3.05) is 0 Å². The van der Waals surface area contributed by atoms with E-state index in [9.17, 15) is 9.35 Å². The molecule has 0 aliphatic carbocycles. The van der Waals surface area contributed by atoms with E-state index in [0.29, 0.717) is 16.7 Å². The van der Waals surface area contributed by atoms with Gasteiger partial charge < -0.3 is 4.55 Å². The Morgan fingerprint density at radius 1 is 1.26 bits per heavy atom. The fraction of sp³-hybridized carbons (Fsp3) is 0.348. The number of nitrogens with zero attached hydrogens (tertiary/aromatic N) is 3. The Kier molecular flexibility index (Phi) is 5.68. The van der Waals surface area contributed by atoms with Gasteiger partial charge in [-0.3, -0.25) is 9.36 Å². The summed E-state index contributed by atoms with van der Waals surface area (Å²) in [4.78, 5) is 22.7. The van der Waals surface area contributed by atoms with Crippen LogP contribution in [-0.2, 0) is 18.4 Å². The summed E-state index contributed by atoms with van der Waals surface area (Å²) >= 11 is 0.284. The smallest absolute Gasteiger partial charge is 0.261 e. The average molecular weight is 455 g/mol. The minimum absolute atomic E-state index is 0.101. The van der Waals surface area contributed by atoms with Crippen LogP contribution in [0.15, 0.2) is 40.6 Å². The molecular formula is C23H26N4O2S2. The van der Waals surface area contributed by atoms with E-state index in [4.69, 9.17) is 4.98 Å². The molecule has 0 spiro atoms. The lowest BCUT2D eigenvalue weighted by Crippen LogP contribution is -2.40. The van der Waals surface area contributed by atoms with Crippen molar-refractivity contribution in [3.05, 3.63) is 57.3 Å². The monoisotopic (exact) mass is 454 g/mol. The number of aryl methyl sites for hydroxylation is 1. The number of hydrogen-bond donors (Lipinski definition) is 1. The van der Waals surface area contributed by atoms with Crippen LogP contribution in [0.3, 0.4) is 0 Å². The van der Waals surface area contributed by atoms with Crippen molar-refractivity contribution in [3.8, 4) is 11.4 Å². The molecule has 2 aromatic heterocycles. The fourth-order valence-electron chi connectivity index (χ4n) is 3.59. The van der Waals surface area contributed by atoms with Crippen LogP contribution in [0.2, 0.25) is 0 Å². The summed E-state index contributed by atoms with van der Waals surface area (Å²) in [6.07, 6.45) is 0. The zero-order valence-corrected chi connectivity index (χ0v) is 20.1. The lowest BCUT2D eigenvalue weighted by molar-refractivity contribution is 0.531. The van der Waals surface area contributed by atoms with Crippen molar-refractivity contribution < 1.29 is 4.55 Å². The first-order valence-electron chi connectivity index (χ1n) is 10.1. The van der Waals surface area contributed by atoms with Crippen molar-refractivity contribution in [2.45, 2.75) is 45.4 Å². The first kappa shape index (κ1) is 22.0. The highest BCUT2D eigenvalue weighted by atomic mass is 32.2. The fourth-order valence-corrected chi connectivity index (χ4v) is 5.19. The predicted molar refractivity (Wildman–Crippen MR) is 130 cm³/mol. The molecule has 1 unspecified atom stereocenters. The van der Waals surface area contributed by atoms with Crippen molar-refractivity contribution in [1.82, 2.24) is 19.3 Å². The summed E-state index contributed by atoms with van der Waals surface area (Å²) < 4.78 is 18.1. The summed E-state index contributed by atoms with van der Waals surface area (Å²) in [5.41, 5.74) is 5.93. The van der Waals surface area contributed by atoms with Crippen molar-refractivity contribution >= 4 is 43.8 Å². The maximum absolute atomic E-state index is 13.3. The lowest BCUT2D eigenvalue weighted by atomic mass is 10.0. The molecule has 0 fully saturated rings. The summed E-state index contributed by atoms with van der Waals surface area (Å²) in [5, 5.41) is 0.563. The molecule has 2 atom stereocenters. The molecule has 1 N–H and O–H groups in total. The molecule has 0 aliphatic heterocycles. The third-order valence-electron chi connectivity index (χ3n) is 5.26. The normalized spacial score (nSPS) is 14.3. The third kappa shape index (κ3) is 4.01. The summed E-state index contributed by atoms with van der Waals surface area (Å²) in [6, 6.07) is 9.51. The molecule has 31 heavy (non-hydrogen) atoms. The number of aromatic nitrogens is 3. The van der Waals surface area contributed by atoms with Gasteiger partial charge in [-0.15, -0.1) is 16.1 Å². The highest BCUT2D eigenvalue weighted by Gasteiger charge is 2.29. The van der Waals surface area contributed by atoms with Crippen LogP contribution < -0.4 is 10.3 Å². The third-order valence-corrected chi connectivity index (χ3v) is 7.81. The molecule has 0 aliphatic rings. The van der Waals surface area contributed by atoms with Crippen molar-refractivity contribution in [3.63, 3.8) is 0 Å². The van der Waals surface area contributed by atoms with Gasteiger partial charge in [0, 0.05) is 29.5 Å². The van der Waals surface area contributed by atoms with E-state index in [1.807, 2.05) is 65.0 Å². The highest BCUT2D eigenvalue weighted by Crippen LogP contribution is 2.32. The van der Waals surface area contributed by atoms with Crippen LogP contribution in [0.4, 0.5) is 0 Å². The first-order chi connectivity index (χ1) is 14.6. The largest absolute Gasteiger partial charge is 0.598 e. The Hall–Kier alpha value is -2.26. The Bertz CT molecular complexity index is 1340. The van der Waals surface area contributed by atoms with E-state index < -0.39 is 16.1 Å². The molecule has 8 heteroatoms. The second-order valence-electron chi connectivity index (χ2n) is 8.78. The number of hydrogen-bond acceptors (Lipinski definition) is 6. The van der Waals surface area contributed by atoms with E-state index >= 15 is 0 Å². The van der Waals surface area contributed by atoms with Crippen molar-refractivity contribution in [2.24, 2.45) is 7.05 Å². The molecule has 0 bridgehead atoms. The quantitative estimate of drug-likeness (QED) is 0.455. The van der Waals surface area contributed by atoms with Gasteiger partial charge in [0.2, 0.25) is 0 Å². The first-order valence-corrected chi connectivity index (χ1v) is 12.1.